The van der Waals surface area contributed by atoms with Gasteiger partial charge < -0.3 is 15.5 Å². The van der Waals surface area contributed by atoms with Gasteiger partial charge in [0, 0.05) is 18.1 Å². The summed E-state index contributed by atoms with van der Waals surface area (Å²) >= 11 is 12.3. The number of sulfone groups is 1. The van der Waals surface area contributed by atoms with Crippen LogP contribution in [0.1, 0.15) is 64.4 Å². The van der Waals surface area contributed by atoms with E-state index < -0.39 is 50.2 Å². The molecule has 2 fully saturated rings. The first-order valence-electron chi connectivity index (χ1n) is 14.6. The maximum atomic E-state index is 14.2. The SMILES string of the molecule is CCCCNC(=O)C(=O)C(CCC)NC(=O)[C@@H]1C[C@@H](S(=O)(=O)c2ccccc2Cl)CN1C(=O)C1(c2ccc(Cl)cc2)CC1. The number of benzene rings is 2. The summed E-state index contributed by atoms with van der Waals surface area (Å²) in [4.78, 5) is 54.7. The molecule has 43 heavy (non-hydrogen) atoms. The Labute approximate surface area is 262 Å². The maximum absolute atomic E-state index is 14.2. The average molecular weight is 651 g/mol. The molecule has 2 aromatic rings. The summed E-state index contributed by atoms with van der Waals surface area (Å²) in [5.41, 5.74) is -0.162. The molecule has 2 aromatic carbocycles. The first-order valence-corrected chi connectivity index (χ1v) is 16.9. The molecule has 1 heterocycles. The van der Waals surface area contributed by atoms with E-state index in [-0.39, 0.29) is 35.2 Å². The monoisotopic (exact) mass is 649 g/mol. The van der Waals surface area contributed by atoms with Crippen LogP contribution in [-0.4, -0.2) is 67.2 Å². The molecular weight excluding hydrogens is 613 g/mol. The number of ketones is 1. The lowest BCUT2D eigenvalue weighted by atomic mass is 9.94. The quantitative estimate of drug-likeness (QED) is 0.247. The van der Waals surface area contributed by atoms with Gasteiger partial charge in [0.1, 0.15) is 6.04 Å². The first kappa shape index (κ1) is 33.0. The van der Waals surface area contributed by atoms with Crippen LogP contribution in [0.4, 0.5) is 0 Å². The topological polar surface area (TPSA) is 130 Å². The number of Topliss-reactive ketones (excluding diaryl/α,β-unsaturated/α-hetero) is 1. The van der Waals surface area contributed by atoms with Gasteiger partial charge in [0.05, 0.1) is 26.6 Å². The first-order chi connectivity index (χ1) is 20.5. The summed E-state index contributed by atoms with van der Waals surface area (Å²) < 4.78 is 27.5. The van der Waals surface area contributed by atoms with Gasteiger partial charge in [-0.15, -0.1) is 0 Å². The fourth-order valence-electron chi connectivity index (χ4n) is 5.59. The van der Waals surface area contributed by atoms with E-state index in [2.05, 4.69) is 10.6 Å². The predicted molar refractivity (Wildman–Crippen MR) is 165 cm³/mol. The van der Waals surface area contributed by atoms with Crippen molar-refractivity contribution < 1.29 is 27.6 Å². The molecule has 0 radical (unpaired) electrons. The third kappa shape index (κ3) is 7.07. The van der Waals surface area contributed by atoms with Gasteiger partial charge in [0.15, 0.2) is 9.84 Å². The number of nitrogens with one attached hydrogen (secondary N) is 2. The van der Waals surface area contributed by atoms with Crippen LogP contribution in [0.5, 0.6) is 0 Å². The average Bonchev–Trinajstić information content (AvgIpc) is 3.66. The molecule has 3 amide bonds. The Kier molecular flexibility index (Phi) is 10.6. The summed E-state index contributed by atoms with van der Waals surface area (Å²) in [6, 6.07) is 10.7. The van der Waals surface area contributed by atoms with Crippen molar-refractivity contribution in [1.82, 2.24) is 15.5 Å². The number of unbranched alkanes of at least 4 members (excludes halogenated alkanes) is 1. The number of rotatable bonds is 13. The molecule has 1 unspecified atom stereocenters. The summed E-state index contributed by atoms with van der Waals surface area (Å²) in [6.07, 6.45) is 3.16. The minimum absolute atomic E-state index is 0.0517. The molecule has 0 aromatic heterocycles. The van der Waals surface area contributed by atoms with Crippen molar-refractivity contribution >= 4 is 56.5 Å². The molecule has 1 aliphatic carbocycles. The number of halogens is 2. The molecule has 1 saturated carbocycles. The Morgan fingerprint density at radius 2 is 1.67 bits per heavy atom. The van der Waals surface area contributed by atoms with E-state index >= 15 is 0 Å². The highest BCUT2D eigenvalue weighted by Gasteiger charge is 2.57. The number of likely N-dealkylation sites (tertiary alicyclic amines) is 1. The lowest BCUT2D eigenvalue weighted by Crippen LogP contribution is -2.54. The molecule has 1 saturated heterocycles. The fourth-order valence-corrected chi connectivity index (χ4v) is 7.94. The van der Waals surface area contributed by atoms with Crippen molar-refractivity contribution in [3.8, 4) is 0 Å². The Morgan fingerprint density at radius 1 is 1.00 bits per heavy atom. The lowest BCUT2D eigenvalue weighted by Gasteiger charge is -2.29. The lowest BCUT2D eigenvalue weighted by molar-refractivity contribution is -0.143. The molecule has 0 bridgehead atoms. The third-order valence-corrected chi connectivity index (χ3v) is 11.1. The van der Waals surface area contributed by atoms with Crippen molar-refractivity contribution in [2.75, 3.05) is 13.1 Å². The molecule has 2 aliphatic rings. The largest absolute Gasteiger partial charge is 0.349 e. The zero-order chi connectivity index (χ0) is 31.4. The second-order valence-corrected chi connectivity index (χ2v) is 14.3. The highest BCUT2D eigenvalue weighted by molar-refractivity contribution is 7.92. The van der Waals surface area contributed by atoms with Crippen LogP contribution in [-0.2, 0) is 34.4 Å². The number of amides is 3. The molecule has 3 atom stereocenters. The van der Waals surface area contributed by atoms with Crippen LogP contribution in [0, 0.1) is 0 Å². The van der Waals surface area contributed by atoms with E-state index in [1.807, 2.05) is 13.8 Å². The second-order valence-electron chi connectivity index (χ2n) is 11.2. The van der Waals surface area contributed by atoms with Gasteiger partial charge in [0.2, 0.25) is 17.6 Å². The van der Waals surface area contributed by atoms with E-state index in [1.54, 1.807) is 36.4 Å². The maximum Gasteiger partial charge on any atom is 0.289 e. The number of hydrogen-bond acceptors (Lipinski definition) is 6. The molecule has 0 spiro atoms. The van der Waals surface area contributed by atoms with Crippen LogP contribution in [0.2, 0.25) is 10.0 Å². The van der Waals surface area contributed by atoms with Gasteiger partial charge in [-0.25, -0.2) is 8.42 Å². The number of carbonyl (C=O) groups excluding carboxylic acids is 4. The van der Waals surface area contributed by atoms with Gasteiger partial charge in [-0.1, -0.05) is 74.2 Å². The number of carbonyl (C=O) groups is 4. The van der Waals surface area contributed by atoms with Crippen LogP contribution in [0.15, 0.2) is 53.4 Å². The standard InChI is InChI=1S/C31H37Cl2N3O6S/c1-3-5-17-34-29(39)27(37)24(8-4-2)35-28(38)25-18-22(43(41,42)26-10-7-6-9-23(26)33)19-36(25)30(40)31(15-16-31)20-11-13-21(32)14-12-20/h6-7,9-14,22,24-25H,3-5,8,15-19H2,1-2H3,(H,34,39)(H,35,38)/t22-,24?,25+/m1/s1. The van der Waals surface area contributed by atoms with Gasteiger partial charge in [-0.2, -0.15) is 0 Å². The van der Waals surface area contributed by atoms with Crippen LogP contribution < -0.4 is 10.6 Å². The fraction of sp³-hybridized carbons (Fsp3) is 0.484. The minimum atomic E-state index is -4.03. The predicted octanol–water partition coefficient (Wildman–Crippen LogP) is 4.24. The molecule has 9 nitrogen and oxygen atoms in total. The van der Waals surface area contributed by atoms with Gasteiger partial charge in [-0.05, 0) is 61.9 Å². The molecule has 2 N–H and O–H groups in total. The smallest absolute Gasteiger partial charge is 0.289 e. The van der Waals surface area contributed by atoms with E-state index in [1.165, 1.54) is 17.0 Å². The molecule has 232 valence electrons. The zero-order valence-corrected chi connectivity index (χ0v) is 26.6. The third-order valence-electron chi connectivity index (χ3n) is 8.21. The van der Waals surface area contributed by atoms with Crippen LogP contribution in [0.3, 0.4) is 0 Å². The van der Waals surface area contributed by atoms with Crippen molar-refractivity contribution in [2.24, 2.45) is 0 Å². The van der Waals surface area contributed by atoms with Crippen molar-refractivity contribution in [3.05, 3.63) is 64.1 Å². The molecule has 1 aliphatic heterocycles. The van der Waals surface area contributed by atoms with Gasteiger partial charge >= 0.3 is 0 Å². The molecule has 12 heteroatoms. The zero-order valence-electron chi connectivity index (χ0n) is 24.3. The second kappa shape index (κ2) is 13.8. The Bertz CT molecular complexity index is 1480. The molecular formula is C31H37Cl2N3O6S. The van der Waals surface area contributed by atoms with Crippen molar-refractivity contribution in [1.29, 1.82) is 0 Å². The Morgan fingerprint density at radius 3 is 2.28 bits per heavy atom. The van der Waals surface area contributed by atoms with E-state index in [0.717, 1.165) is 12.0 Å². The van der Waals surface area contributed by atoms with Crippen LogP contribution in [0.25, 0.3) is 0 Å². The Hall–Kier alpha value is -2.95. The van der Waals surface area contributed by atoms with Crippen LogP contribution >= 0.6 is 23.2 Å². The van der Waals surface area contributed by atoms with Crippen molar-refractivity contribution in [2.45, 2.75) is 86.4 Å². The van der Waals surface area contributed by atoms with Crippen molar-refractivity contribution in [3.63, 3.8) is 0 Å². The number of nitrogens with zero attached hydrogens (tertiary/aromatic N) is 1. The summed E-state index contributed by atoms with van der Waals surface area (Å²) in [5, 5.41) is 4.73. The summed E-state index contributed by atoms with van der Waals surface area (Å²) in [5.74, 6) is -2.60. The van der Waals surface area contributed by atoms with Gasteiger partial charge in [0.25, 0.3) is 5.91 Å². The summed E-state index contributed by atoms with van der Waals surface area (Å²) in [6.45, 7) is 3.90. The Balaban J connectivity index is 1.63. The number of hydrogen-bond donors (Lipinski definition) is 2. The van der Waals surface area contributed by atoms with E-state index in [0.29, 0.717) is 37.3 Å². The van der Waals surface area contributed by atoms with E-state index in [9.17, 15) is 27.6 Å². The molecule has 4 rings (SSSR count). The van der Waals surface area contributed by atoms with Gasteiger partial charge in [-0.3, -0.25) is 19.2 Å². The van der Waals surface area contributed by atoms with E-state index in [4.69, 9.17) is 23.2 Å². The highest BCUT2D eigenvalue weighted by Crippen LogP contribution is 2.51. The summed E-state index contributed by atoms with van der Waals surface area (Å²) in [7, 11) is -4.03. The normalized spacial score (nSPS) is 19.9. The minimum Gasteiger partial charge on any atom is -0.349 e. The highest BCUT2D eigenvalue weighted by atomic mass is 35.5.